The van der Waals surface area contributed by atoms with Gasteiger partial charge in [-0.05, 0) is 17.5 Å². The lowest BCUT2D eigenvalue weighted by atomic mass is 10.0. The molecule has 0 aromatic heterocycles. The second kappa shape index (κ2) is 6.33. The van der Waals surface area contributed by atoms with E-state index in [0.717, 1.165) is 0 Å². The SMILES string of the molecule is O=C(OCC(F)(F)S)c1ccc(OCC2CO2)c2ccccc12. The highest BCUT2D eigenvalue weighted by molar-refractivity contribution is 7.81. The van der Waals surface area contributed by atoms with Gasteiger partial charge in [0.1, 0.15) is 18.5 Å². The van der Waals surface area contributed by atoms with Gasteiger partial charge in [-0.15, -0.1) is 12.6 Å². The third-order valence-electron chi connectivity index (χ3n) is 3.31. The van der Waals surface area contributed by atoms with Gasteiger partial charge in [-0.25, -0.2) is 4.79 Å². The van der Waals surface area contributed by atoms with Crippen molar-refractivity contribution in [1.29, 1.82) is 0 Å². The first-order valence-electron chi connectivity index (χ1n) is 6.97. The summed E-state index contributed by atoms with van der Waals surface area (Å²) < 4.78 is 40.8. The fourth-order valence-electron chi connectivity index (χ4n) is 2.15. The second-order valence-corrected chi connectivity index (χ2v) is 5.82. The first kappa shape index (κ1) is 16.0. The van der Waals surface area contributed by atoms with Gasteiger partial charge in [-0.3, -0.25) is 0 Å². The molecule has 23 heavy (non-hydrogen) atoms. The van der Waals surface area contributed by atoms with Gasteiger partial charge in [0, 0.05) is 5.39 Å². The van der Waals surface area contributed by atoms with Gasteiger partial charge in [0.15, 0.2) is 6.61 Å². The van der Waals surface area contributed by atoms with Gasteiger partial charge in [0.05, 0.1) is 12.2 Å². The van der Waals surface area contributed by atoms with E-state index in [1.165, 1.54) is 6.07 Å². The molecule has 2 aromatic rings. The number of ether oxygens (including phenoxy) is 3. The summed E-state index contributed by atoms with van der Waals surface area (Å²) >= 11 is 3.04. The average Bonchev–Trinajstić information content (AvgIpc) is 3.34. The highest BCUT2D eigenvalue weighted by Crippen LogP contribution is 2.30. The van der Waals surface area contributed by atoms with Crippen LogP contribution in [0, 0.1) is 0 Å². The molecule has 1 atom stereocenters. The maximum absolute atomic E-state index is 12.7. The summed E-state index contributed by atoms with van der Waals surface area (Å²) in [4.78, 5) is 12.0. The van der Waals surface area contributed by atoms with Crippen molar-refractivity contribution < 1.29 is 27.8 Å². The van der Waals surface area contributed by atoms with E-state index in [4.69, 9.17) is 9.47 Å². The minimum absolute atomic E-state index is 0.107. The van der Waals surface area contributed by atoms with Crippen LogP contribution in [0.25, 0.3) is 10.8 Å². The molecule has 1 aliphatic rings. The molecule has 0 aliphatic carbocycles. The molecule has 7 heteroatoms. The topological polar surface area (TPSA) is 48.1 Å². The maximum Gasteiger partial charge on any atom is 0.339 e. The zero-order valence-electron chi connectivity index (χ0n) is 12.0. The first-order chi connectivity index (χ1) is 10.9. The molecular weight excluding hydrogens is 326 g/mol. The van der Waals surface area contributed by atoms with Crippen molar-refractivity contribution in [2.45, 2.75) is 11.4 Å². The van der Waals surface area contributed by atoms with E-state index in [-0.39, 0.29) is 11.7 Å². The van der Waals surface area contributed by atoms with E-state index in [1.54, 1.807) is 30.3 Å². The van der Waals surface area contributed by atoms with Gasteiger partial charge in [-0.2, -0.15) is 8.78 Å². The Kier molecular flexibility index (Phi) is 4.41. The van der Waals surface area contributed by atoms with Crippen LogP contribution in [0.3, 0.4) is 0 Å². The van der Waals surface area contributed by atoms with Crippen molar-refractivity contribution in [2.75, 3.05) is 19.8 Å². The molecule has 0 bridgehead atoms. The fraction of sp³-hybridized carbons (Fsp3) is 0.312. The summed E-state index contributed by atoms with van der Waals surface area (Å²) in [6.45, 7) is 0.0283. The molecule has 1 fully saturated rings. The number of halogens is 2. The Morgan fingerprint density at radius 2 is 1.96 bits per heavy atom. The molecular formula is C16H14F2O4S. The number of thiol groups is 1. The molecule has 1 unspecified atom stereocenters. The monoisotopic (exact) mass is 340 g/mol. The smallest absolute Gasteiger partial charge is 0.339 e. The number of epoxide rings is 1. The Morgan fingerprint density at radius 1 is 1.26 bits per heavy atom. The molecule has 3 rings (SSSR count). The van der Waals surface area contributed by atoms with Crippen molar-refractivity contribution >= 4 is 29.4 Å². The summed E-state index contributed by atoms with van der Waals surface area (Å²) in [5, 5.41) is -2.08. The van der Waals surface area contributed by atoms with Crippen molar-refractivity contribution in [2.24, 2.45) is 0 Å². The fourth-order valence-corrected chi connectivity index (χ4v) is 2.22. The predicted molar refractivity (Wildman–Crippen MR) is 83.4 cm³/mol. The van der Waals surface area contributed by atoms with Crippen molar-refractivity contribution in [3.63, 3.8) is 0 Å². The lowest BCUT2D eigenvalue weighted by Crippen LogP contribution is -2.19. The summed E-state index contributed by atoms with van der Waals surface area (Å²) in [6.07, 6.45) is 0.107. The Hall–Kier alpha value is -1.86. The van der Waals surface area contributed by atoms with Crippen LogP contribution in [0.5, 0.6) is 5.75 Å². The highest BCUT2D eigenvalue weighted by Gasteiger charge is 2.26. The molecule has 4 nitrogen and oxygen atoms in total. The van der Waals surface area contributed by atoms with Crippen LogP contribution in [0.15, 0.2) is 36.4 Å². The first-order valence-corrected chi connectivity index (χ1v) is 7.42. The minimum atomic E-state index is -3.36. The minimum Gasteiger partial charge on any atom is -0.490 e. The van der Waals surface area contributed by atoms with E-state index in [9.17, 15) is 13.6 Å². The number of alkyl halides is 2. The zero-order chi connectivity index (χ0) is 16.4. The number of carbonyl (C=O) groups excluding carboxylic acids is 1. The molecule has 1 saturated heterocycles. The largest absolute Gasteiger partial charge is 0.490 e. The number of hydrogen-bond donors (Lipinski definition) is 1. The summed E-state index contributed by atoms with van der Waals surface area (Å²) in [5.74, 6) is -0.223. The van der Waals surface area contributed by atoms with Crippen LogP contribution >= 0.6 is 12.6 Å². The number of rotatable bonds is 6. The van der Waals surface area contributed by atoms with Gasteiger partial charge in [0.2, 0.25) is 0 Å². The van der Waals surface area contributed by atoms with Crippen LogP contribution in [-0.2, 0) is 9.47 Å². The Morgan fingerprint density at radius 3 is 2.61 bits per heavy atom. The van der Waals surface area contributed by atoms with E-state index in [2.05, 4.69) is 17.4 Å². The van der Waals surface area contributed by atoms with Gasteiger partial charge < -0.3 is 14.2 Å². The third-order valence-corrected chi connectivity index (χ3v) is 3.44. The second-order valence-electron chi connectivity index (χ2n) is 5.17. The van der Waals surface area contributed by atoms with Crippen molar-refractivity contribution in [3.05, 3.63) is 42.0 Å². The lowest BCUT2D eigenvalue weighted by Gasteiger charge is -2.13. The van der Waals surface area contributed by atoms with Crippen LogP contribution in [-0.4, -0.2) is 37.1 Å². The van der Waals surface area contributed by atoms with Gasteiger partial charge in [0.25, 0.3) is 0 Å². The van der Waals surface area contributed by atoms with Crippen LogP contribution in [0.4, 0.5) is 8.78 Å². The molecule has 1 aliphatic heterocycles. The number of hydrogen-bond acceptors (Lipinski definition) is 5. The predicted octanol–water partition coefficient (Wildman–Crippen LogP) is 3.30. The van der Waals surface area contributed by atoms with Crippen LogP contribution in [0.2, 0.25) is 0 Å². The lowest BCUT2D eigenvalue weighted by molar-refractivity contribution is 0.00120. The number of carbonyl (C=O) groups is 1. The molecule has 122 valence electrons. The average molecular weight is 340 g/mol. The summed E-state index contributed by atoms with van der Waals surface area (Å²) in [5.41, 5.74) is 0.202. The normalized spacial score (nSPS) is 17.1. The third kappa shape index (κ3) is 4.11. The molecule has 0 spiro atoms. The Balaban J connectivity index is 1.86. The van der Waals surface area contributed by atoms with E-state index < -0.39 is 17.8 Å². The van der Waals surface area contributed by atoms with Crippen LogP contribution in [0.1, 0.15) is 10.4 Å². The molecule has 2 aromatic carbocycles. The van der Waals surface area contributed by atoms with Gasteiger partial charge in [-0.1, -0.05) is 24.3 Å². The van der Waals surface area contributed by atoms with E-state index >= 15 is 0 Å². The van der Waals surface area contributed by atoms with Crippen molar-refractivity contribution in [3.8, 4) is 5.75 Å². The molecule has 0 saturated carbocycles. The molecule has 0 amide bonds. The van der Waals surface area contributed by atoms with Gasteiger partial charge >= 0.3 is 11.2 Å². The molecule has 0 radical (unpaired) electrons. The standard InChI is InChI=1S/C16H14F2O4S/c17-16(18,23)9-22-15(19)13-5-6-14(21-8-10-7-20-10)12-4-2-1-3-11(12)13/h1-6,10,23H,7-9H2. The quantitative estimate of drug-likeness (QED) is 0.498. The van der Waals surface area contributed by atoms with Crippen LogP contribution < -0.4 is 4.74 Å². The number of esters is 1. The number of benzene rings is 2. The molecule has 0 N–H and O–H groups in total. The molecule has 1 heterocycles. The van der Waals surface area contributed by atoms with E-state index in [1.807, 2.05) is 0 Å². The summed E-state index contributed by atoms with van der Waals surface area (Å²) in [7, 11) is 0. The highest BCUT2D eigenvalue weighted by atomic mass is 32.1. The number of fused-ring (bicyclic) bond motifs is 1. The maximum atomic E-state index is 12.7. The zero-order valence-corrected chi connectivity index (χ0v) is 12.9. The summed E-state index contributed by atoms with van der Waals surface area (Å²) in [6, 6.07) is 10.2. The van der Waals surface area contributed by atoms with Crippen molar-refractivity contribution in [1.82, 2.24) is 0 Å². The Bertz CT molecular complexity index is 726. The Labute approximate surface area is 136 Å². The van der Waals surface area contributed by atoms with E-state index in [0.29, 0.717) is 29.7 Å².